The minimum Gasteiger partial charge on any atom is -0.484 e. The van der Waals surface area contributed by atoms with Crippen molar-refractivity contribution in [2.45, 2.75) is 20.3 Å². The quantitative estimate of drug-likeness (QED) is 0.857. The van der Waals surface area contributed by atoms with Gasteiger partial charge in [0.15, 0.2) is 6.61 Å². The molecular formula is C17H27N3O2. The summed E-state index contributed by atoms with van der Waals surface area (Å²) < 4.78 is 5.65. The van der Waals surface area contributed by atoms with E-state index < -0.39 is 0 Å². The molecule has 0 aromatic heterocycles. The van der Waals surface area contributed by atoms with Crippen LogP contribution >= 0.6 is 0 Å². The van der Waals surface area contributed by atoms with Crippen molar-refractivity contribution in [3.05, 3.63) is 29.3 Å². The normalized spacial score (nSPS) is 15.9. The molecule has 0 spiro atoms. The molecule has 1 aliphatic rings. The van der Waals surface area contributed by atoms with Crippen LogP contribution in [0.2, 0.25) is 0 Å². The Labute approximate surface area is 133 Å². The summed E-state index contributed by atoms with van der Waals surface area (Å²) in [4.78, 5) is 16.5. The van der Waals surface area contributed by atoms with Crippen LogP contribution in [0.1, 0.15) is 17.5 Å². The number of nitrogens with zero attached hydrogens (tertiary/aromatic N) is 2. The van der Waals surface area contributed by atoms with Crippen molar-refractivity contribution in [3.8, 4) is 5.75 Å². The maximum Gasteiger partial charge on any atom is 0.260 e. The molecule has 2 N–H and O–H groups in total. The number of ether oxygens (including phenoxy) is 1. The minimum atomic E-state index is 0.0673. The molecule has 1 heterocycles. The summed E-state index contributed by atoms with van der Waals surface area (Å²) >= 11 is 0. The first-order chi connectivity index (χ1) is 10.6. The van der Waals surface area contributed by atoms with Gasteiger partial charge in [-0.2, -0.15) is 0 Å². The van der Waals surface area contributed by atoms with Crippen molar-refractivity contribution in [1.29, 1.82) is 0 Å². The standard InChI is InChI=1S/C17H27N3O2/c1-14-10-15(2)12-16(11-14)22-13-17(21)20-8-6-19(7-9-20)5-3-4-18/h10-12H,3-9,13,18H2,1-2H3. The molecule has 1 aromatic rings. The summed E-state index contributed by atoms with van der Waals surface area (Å²) in [5.41, 5.74) is 7.83. The summed E-state index contributed by atoms with van der Waals surface area (Å²) in [6.45, 7) is 9.33. The van der Waals surface area contributed by atoms with Crippen LogP contribution in [-0.2, 0) is 4.79 Å². The lowest BCUT2D eigenvalue weighted by Crippen LogP contribution is -2.50. The Morgan fingerprint density at radius 1 is 1.14 bits per heavy atom. The zero-order valence-electron chi connectivity index (χ0n) is 13.7. The molecule has 1 aliphatic heterocycles. The van der Waals surface area contributed by atoms with Crippen LogP contribution in [0.3, 0.4) is 0 Å². The van der Waals surface area contributed by atoms with E-state index in [-0.39, 0.29) is 12.5 Å². The highest BCUT2D eigenvalue weighted by atomic mass is 16.5. The van der Waals surface area contributed by atoms with Crippen molar-refractivity contribution in [2.24, 2.45) is 5.73 Å². The van der Waals surface area contributed by atoms with Crippen molar-refractivity contribution >= 4 is 5.91 Å². The van der Waals surface area contributed by atoms with E-state index in [0.29, 0.717) is 0 Å². The molecule has 1 fully saturated rings. The summed E-state index contributed by atoms with van der Waals surface area (Å²) in [7, 11) is 0. The maximum absolute atomic E-state index is 12.2. The Morgan fingerprint density at radius 2 is 1.77 bits per heavy atom. The molecule has 22 heavy (non-hydrogen) atoms. The Bertz CT molecular complexity index is 476. The van der Waals surface area contributed by atoms with Gasteiger partial charge in [-0.15, -0.1) is 0 Å². The molecule has 0 bridgehead atoms. The Hall–Kier alpha value is -1.59. The number of aryl methyl sites for hydroxylation is 2. The third kappa shape index (κ3) is 5.00. The number of benzene rings is 1. The highest BCUT2D eigenvalue weighted by Crippen LogP contribution is 2.16. The second kappa shape index (κ2) is 8.15. The van der Waals surface area contributed by atoms with Crippen LogP contribution in [0.25, 0.3) is 0 Å². The van der Waals surface area contributed by atoms with Gasteiger partial charge in [-0.3, -0.25) is 9.69 Å². The first-order valence-corrected chi connectivity index (χ1v) is 8.00. The lowest BCUT2D eigenvalue weighted by Gasteiger charge is -2.34. The van der Waals surface area contributed by atoms with E-state index in [1.54, 1.807) is 0 Å². The highest BCUT2D eigenvalue weighted by Gasteiger charge is 2.20. The van der Waals surface area contributed by atoms with Crippen LogP contribution in [0.5, 0.6) is 5.75 Å². The molecule has 0 unspecified atom stereocenters. The van der Waals surface area contributed by atoms with E-state index >= 15 is 0 Å². The van der Waals surface area contributed by atoms with Crippen molar-refractivity contribution in [1.82, 2.24) is 9.80 Å². The second-order valence-corrected chi connectivity index (χ2v) is 5.98. The average molecular weight is 305 g/mol. The van der Waals surface area contributed by atoms with Gasteiger partial charge in [-0.05, 0) is 56.6 Å². The van der Waals surface area contributed by atoms with Gasteiger partial charge < -0.3 is 15.4 Å². The third-order valence-corrected chi connectivity index (χ3v) is 3.96. The number of hydrogen-bond donors (Lipinski definition) is 1. The SMILES string of the molecule is Cc1cc(C)cc(OCC(=O)N2CCN(CCCN)CC2)c1. The molecular weight excluding hydrogens is 278 g/mol. The van der Waals surface area contributed by atoms with Gasteiger partial charge >= 0.3 is 0 Å². The van der Waals surface area contributed by atoms with Gasteiger partial charge in [-0.1, -0.05) is 6.07 Å². The zero-order chi connectivity index (χ0) is 15.9. The van der Waals surface area contributed by atoms with Gasteiger partial charge in [0.05, 0.1) is 0 Å². The van der Waals surface area contributed by atoms with Crippen molar-refractivity contribution < 1.29 is 9.53 Å². The average Bonchev–Trinajstić information content (AvgIpc) is 2.50. The highest BCUT2D eigenvalue weighted by molar-refractivity contribution is 5.77. The molecule has 1 aromatic carbocycles. The predicted molar refractivity (Wildman–Crippen MR) is 88.1 cm³/mol. The second-order valence-electron chi connectivity index (χ2n) is 5.98. The maximum atomic E-state index is 12.2. The van der Waals surface area contributed by atoms with Gasteiger partial charge in [0, 0.05) is 26.2 Å². The van der Waals surface area contributed by atoms with E-state index in [1.807, 2.05) is 30.9 Å². The number of rotatable bonds is 6. The van der Waals surface area contributed by atoms with E-state index in [1.165, 1.54) is 0 Å². The number of carbonyl (C=O) groups excluding carboxylic acids is 1. The van der Waals surface area contributed by atoms with Gasteiger partial charge in [0.2, 0.25) is 0 Å². The van der Waals surface area contributed by atoms with Crippen molar-refractivity contribution in [3.63, 3.8) is 0 Å². The van der Waals surface area contributed by atoms with Crippen LogP contribution in [0.15, 0.2) is 18.2 Å². The van der Waals surface area contributed by atoms with Crippen LogP contribution < -0.4 is 10.5 Å². The van der Waals surface area contributed by atoms with Gasteiger partial charge in [0.1, 0.15) is 5.75 Å². The Kier molecular flexibility index (Phi) is 6.21. The fourth-order valence-electron chi connectivity index (χ4n) is 2.79. The van der Waals surface area contributed by atoms with Gasteiger partial charge in [0.25, 0.3) is 5.91 Å². The molecule has 0 saturated carbocycles. The smallest absolute Gasteiger partial charge is 0.260 e. The van der Waals surface area contributed by atoms with Gasteiger partial charge in [-0.25, -0.2) is 0 Å². The Morgan fingerprint density at radius 3 is 2.36 bits per heavy atom. The molecule has 5 heteroatoms. The first-order valence-electron chi connectivity index (χ1n) is 8.00. The molecule has 0 radical (unpaired) electrons. The van der Waals surface area contributed by atoms with E-state index in [9.17, 15) is 4.79 Å². The largest absolute Gasteiger partial charge is 0.484 e. The molecule has 122 valence electrons. The summed E-state index contributed by atoms with van der Waals surface area (Å²) in [5, 5.41) is 0. The molecule has 2 rings (SSSR count). The zero-order valence-corrected chi connectivity index (χ0v) is 13.7. The molecule has 1 amide bonds. The summed E-state index contributed by atoms with van der Waals surface area (Å²) in [6.07, 6.45) is 1.02. The fourth-order valence-corrected chi connectivity index (χ4v) is 2.79. The van der Waals surface area contributed by atoms with E-state index in [2.05, 4.69) is 11.0 Å². The molecule has 0 aliphatic carbocycles. The fraction of sp³-hybridized carbons (Fsp3) is 0.588. The summed E-state index contributed by atoms with van der Waals surface area (Å²) in [6, 6.07) is 6.02. The number of piperazine rings is 1. The number of carbonyl (C=O) groups is 1. The molecule has 5 nitrogen and oxygen atoms in total. The van der Waals surface area contributed by atoms with E-state index in [4.69, 9.17) is 10.5 Å². The minimum absolute atomic E-state index is 0.0673. The van der Waals surface area contributed by atoms with Crippen LogP contribution in [0.4, 0.5) is 0 Å². The van der Waals surface area contributed by atoms with Crippen LogP contribution in [0, 0.1) is 13.8 Å². The third-order valence-electron chi connectivity index (χ3n) is 3.96. The lowest BCUT2D eigenvalue weighted by atomic mass is 10.1. The number of amides is 1. The monoisotopic (exact) mass is 305 g/mol. The summed E-state index contributed by atoms with van der Waals surface area (Å²) in [5.74, 6) is 0.838. The lowest BCUT2D eigenvalue weighted by molar-refractivity contribution is -0.135. The van der Waals surface area contributed by atoms with Crippen LogP contribution in [-0.4, -0.2) is 61.6 Å². The number of nitrogens with two attached hydrogens (primary N) is 1. The molecule has 1 saturated heterocycles. The van der Waals surface area contributed by atoms with Crippen molar-refractivity contribution in [2.75, 3.05) is 45.9 Å². The molecule has 0 atom stereocenters. The van der Waals surface area contributed by atoms with E-state index in [0.717, 1.165) is 62.6 Å². The first kappa shape index (κ1) is 16.8. The number of hydrogen-bond acceptors (Lipinski definition) is 4. The predicted octanol–water partition coefficient (Wildman–Crippen LogP) is 1.18. The Balaban J connectivity index is 1.76. The topological polar surface area (TPSA) is 58.8 Å².